The van der Waals surface area contributed by atoms with Gasteiger partial charge in [-0.05, 0) is 6.42 Å². The van der Waals surface area contributed by atoms with Gasteiger partial charge in [-0.2, -0.15) is 65.9 Å². The van der Waals surface area contributed by atoms with Crippen LogP contribution >= 0.6 is 0 Å². The zero-order valence-corrected chi connectivity index (χ0v) is 20.8. The maximum Gasteiger partial charge on any atom is 1.00 e. The number of hydrogen-bond acceptors (Lipinski definition) is 4. The molecule has 4 nitrogen and oxygen atoms in total. The Morgan fingerprint density at radius 2 is 1.00 bits per heavy atom. The molecule has 0 radical (unpaired) electrons. The van der Waals surface area contributed by atoms with Gasteiger partial charge in [-0.15, -0.1) is 0 Å². The first-order valence-corrected chi connectivity index (χ1v) is 10.5. The molecule has 0 amide bonds. The van der Waals surface area contributed by atoms with Crippen molar-refractivity contribution in [2.45, 2.75) is 93.3 Å². The van der Waals surface area contributed by atoms with Gasteiger partial charge in [0.2, 0.25) is 10.4 Å². The Hall–Kier alpha value is -0.180. The Labute approximate surface area is 216 Å². The Morgan fingerprint density at radius 1 is 0.639 bits per heavy atom. The standard InChI is InChI=1S/C15H17F15O4S.Na/c1-2-3-4-5-6-7-8(34-35(31,32)33)9(16,17)10(18,19)11(20,21)12(22,23)13(24,25)14(26,27)15(28,29)30;/h8H,2-7H2,1H3,(H,31,32,33);/q;+1/p-1. The van der Waals surface area contributed by atoms with Gasteiger partial charge < -0.3 is 4.55 Å². The molecule has 1 unspecified atom stereocenters. The Balaban J connectivity index is 0. The topological polar surface area (TPSA) is 66.4 Å². The molecule has 0 fully saturated rings. The van der Waals surface area contributed by atoms with E-state index in [0.717, 1.165) is 0 Å². The van der Waals surface area contributed by atoms with Crippen LogP contribution in [0.3, 0.4) is 0 Å². The van der Waals surface area contributed by atoms with Crippen molar-refractivity contribution < 1.29 is 113 Å². The van der Waals surface area contributed by atoms with Gasteiger partial charge >= 0.3 is 71.3 Å². The van der Waals surface area contributed by atoms with Crippen molar-refractivity contribution in [2.24, 2.45) is 0 Å². The third kappa shape index (κ3) is 7.06. The number of hydrogen-bond donors (Lipinski definition) is 0. The van der Waals surface area contributed by atoms with E-state index in [1.807, 2.05) is 0 Å². The van der Waals surface area contributed by atoms with Crippen LogP contribution in [0.15, 0.2) is 0 Å². The molecule has 0 aliphatic heterocycles. The molecule has 0 aromatic rings. The van der Waals surface area contributed by atoms with Crippen LogP contribution in [0.4, 0.5) is 65.9 Å². The third-order valence-electron chi connectivity index (χ3n) is 4.56. The Morgan fingerprint density at radius 3 is 1.36 bits per heavy atom. The quantitative estimate of drug-likeness (QED) is 0.101. The largest absolute Gasteiger partial charge is 1.00 e. The second kappa shape index (κ2) is 11.9. The van der Waals surface area contributed by atoms with Gasteiger partial charge in [0.15, 0.2) is 0 Å². The van der Waals surface area contributed by atoms with Gasteiger partial charge in [0.25, 0.3) is 0 Å². The van der Waals surface area contributed by atoms with Crippen LogP contribution in [-0.2, 0) is 14.6 Å². The zero-order chi connectivity index (χ0) is 28.5. The minimum absolute atomic E-state index is 0. The fourth-order valence-corrected chi connectivity index (χ4v) is 3.05. The van der Waals surface area contributed by atoms with Gasteiger partial charge in [0, 0.05) is 0 Å². The molecule has 36 heavy (non-hydrogen) atoms. The van der Waals surface area contributed by atoms with E-state index in [9.17, 15) is 78.8 Å². The number of unbranched alkanes of at least 4 members (excludes halogenated alkanes) is 4. The molecular weight excluding hydrogens is 584 g/mol. The SMILES string of the molecule is CCCCCCCC(OS(=O)(=O)[O-])C(F)(F)C(F)(F)C(F)(F)C(F)(F)C(F)(F)C(F)(F)C(F)(F)F.[Na+]. The fourth-order valence-electron chi connectivity index (χ4n) is 2.55. The first kappa shape index (κ1) is 38.0. The normalized spacial score (nSPS) is 16.0. The molecule has 212 valence electrons. The van der Waals surface area contributed by atoms with Crippen molar-refractivity contribution in [3.8, 4) is 0 Å². The molecule has 0 saturated heterocycles. The first-order chi connectivity index (χ1) is 15.2. The van der Waals surface area contributed by atoms with Crippen LogP contribution < -0.4 is 29.6 Å². The summed E-state index contributed by atoms with van der Waals surface area (Å²) in [4.78, 5) is 0. The average Bonchev–Trinajstić information content (AvgIpc) is 2.64. The van der Waals surface area contributed by atoms with Crippen LogP contribution in [0.1, 0.15) is 45.4 Å². The van der Waals surface area contributed by atoms with Crippen LogP contribution in [0.5, 0.6) is 0 Å². The minimum Gasteiger partial charge on any atom is -0.726 e. The first-order valence-electron chi connectivity index (χ1n) is 9.14. The van der Waals surface area contributed by atoms with E-state index in [0.29, 0.717) is 12.8 Å². The van der Waals surface area contributed by atoms with Gasteiger partial charge in [-0.25, -0.2) is 8.42 Å². The van der Waals surface area contributed by atoms with Crippen molar-refractivity contribution in [3.63, 3.8) is 0 Å². The molecule has 21 heteroatoms. The van der Waals surface area contributed by atoms with E-state index in [-0.39, 0.29) is 42.4 Å². The molecule has 0 N–H and O–H groups in total. The van der Waals surface area contributed by atoms with Crippen molar-refractivity contribution in [2.75, 3.05) is 0 Å². The smallest absolute Gasteiger partial charge is 0.726 e. The predicted octanol–water partition coefficient (Wildman–Crippen LogP) is 3.57. The summed E-state index contributed by atoms with van der Waals surface area (Å²) in [7, 11) is -6.48. The van der Waals surface area contributed by atoms with E-state index in [1.54, 1.807) is 6.92 Å². The van der Waals surface area contributed by atoms with Gasteiger partial charge in [-0.3, -0.25) is 4.18 Å². The van der Waals surface area contributed by atoms with Gasteiger partial charge in [0.05, 0.1) is 0 Å². The molecule has 0 aliphatic carbocycles. The second-order valence-electron chi connectivity index (χ2n) is 7.19. The summed E-state index contributed by atoms with van der Waals surface area (Å²) < 4.78 is 234. The summed E-state index contributed by atoms with van der Waals surface area (Å²) in [5, 5.41) is 0. The van der Waals surface area contributed by atoms with E-state index < -0.39 is 71.1 Å². The van der Waals surface area contributed by atoms with E-state index in [2.05, 4.69) is 4.18 Å². The Bertz CT molecular complexity index is 814. The van der Waals surface area contributed by atoms with Crippen LogP contribution in [0, 0.1) is 0 Å². The van der Waals surface area contributed by atoms with Gasteiger partial charge in [0.1, 0.15) is 6.10 Å². The number of rotatable bonds is 14. The second-order valence-corrected chi connectivity index (χ2v) is 8.20. The van der Waals surface area contributed by atoms with Crippen LogP contribution in [0.25, 0.3) is 0 Å². The molecule has 0 saturated carbocycles. The van der Waals surface area contributed by atoms with Crippen molar-refractivity contribution in [1.82, 2.24) is 0 Å². The molecule has 0 aromatic carbocycles. The monoisotopic (exact) mass is 600 g/mol. The van der Waals surface area contributed by atoms with Crippen LogP contribution in [-0.4, -0.2) is 60.8 Å². The summed E-state index contributed by atoms with van der Waals surface area (Å²) in [5.41, 5.74) is 0. The van der Waals surface area contributed by atoms with E-state index in [4.69, 9.17) is 0 Å². The molecule has 1 atom stereocenters. The summed E-state index contributed by atoms with van der Waals surface area (Å²) in [6, 6.07) is 0. The molecule has 0 spiro atoms. The Kier molecular flexibility index (Phi) is 12.6. The van der Waals surface area contributed by atoms with Crippen molar-refractivity contribution in [1.29, 1.82) is 0 Å². The third-order valence-corrected chi connectivity index (χ3v) is 5.03. The van der Waals surface area contributed by atoms with Crippen molar-refractivity contribution >= 4 is 10.4 Å². The molecule has 0 bridgehead atoms. The zero-order valence-electron chi connectivity index (χ0n) is 18.0. The number of halogens is 15. The molecule has 0 aromatic heterocycles. The van der Waals surface area contributed by atoms with E-state index in [1.165, 1.54) is 0 Å². The summed E-state index contributed by atoms with van der Waals surface area (Å²) >= 11 is 0. The minimum atomic E-state index is -8.52. The van der Waals surface area contributed by atoms with Crippen LogP contribution in [0.2, 0.25) is 0 Å². The van der Waals surface area contributed by atoms with Crippen molar-refractivity contribution in [3.05, 3.63) is 0 Å². The maximum atomic E-state index is 14.2. The summed E-state index contributed by atoms with van der Waals surface area (Å²) in [5.74, 6) is -48.4. The van der Waals surface area contributed by atoms with E-state index >= 15 is 0 Å². The summed E-state index contributed by atoms with van der Waals surface area (Å²) in [6.45, 7) is 1.62. The fraction of sp³-hybridized carbons (Fsp3) is 1.00. The molecular formula is C15H16F15NaO4S. The average molecular weight is 600 g/mol. The molecule has 0 heterocycles. The predicted molar refractivity (Wildman–Crippen MR) is 83.7 cm³/mol. The van der Waals surface area contributed by atoms with Gasteiger partial charge in [-0.1, -0.05) is 39.0 Å². The summed E-state index contributed by atoms with van der Waals surface area (Å²) in [6.07, 6.45) is -13.8. The molecule has 0 rings (SSSR count). The number of alkyl halides is 15. The maximum absolute atomic E-state index is 14.2. The molecule has 0 aliphatic rings.